The first-order valence-corrected chi connectivity index (χ1v) is 9.23. The monoisotopic (exact) mass is 419 g/mol. The number of carbonyl (C=O) groups is 2. The lowest BCUT2D eigenvalue weighted by Gasteiger charge is -2.33. The van der Waals surface area contributed by atoms with E-state index >= 15 is 0 Å². The van der Waals surface area contributed by atoms with E-state index in [1.165, 1.54) is 23.1 Å². The third-order valence-corrected chi connectivity index (χ3v) is 5.11. The molecule has 0 saturated carbocycles. The predicted molar refractivity (Wildman–Crippen MR) is 103 cm³/mol. The molecule has 0 N–H and O–H groups in total. The van der Waals surface area contributed by atoms with E-state index in [1.807, 2.05) is 0 Å². The van der Waals surface area contributed by atoms with Crippen molar-refractivity contribution in [3.8, 4) is 5.75 Å². The summed E-state index contributed by atoms with van der Waals surface area (Å²) in [7, 11) is 0. The number of benzene rings is 2. The number of anilines is 2. The number of carbonyl (C=O) groups excluding carboxylic acids is 2. The second-order valence-electron chi connectivity index (χ2n) is 6.72. The Morgan fingerprint density at radius 3 is 2.86 bits per heavy atom. The number of rotatable bonds is 3. The topological polar surface area (TPSA) is 93.0 Å². The van der Waals surface area contributed by atoms with E-state index in [-0.39, 0.29) is 34.4 Å². The minimum atomic E-state index is -0.607. The van der Waals surface area contributed by atoms with E-state index in [2.05, 4.69) is 0 Å². The molecule has 0 bridgehead atoms. The van der Waals surface area contributed by atoms with Crippen LogP contribution >= 0.6 is 11.6 Å². The van der Waals surface area contributed by atoms with Gasteiger partial charge in [0.1, 0.15) is 18.1 Å². The molecule has 0 spiro atoms. The average molecular weight is 420 g/mol. The number of nitrogens with zero attached hydrogens (tertiary/aromatic N) is 3. The van der Waals surface area contributed by atoms with Gasteiger partial charge in [0.05, 0.1) is 16.3 Å². The molecule has 150 valence electrons. The number of hydrogen-bond donors (Lipinski definition) is 0. The standard InChI is InChI=1S/C19H15ClFN3O5/c20-12-6-11-2-1-5-22(19(11)14(21)7-12)17(25)9-23-15-8-13(24(27)28)3-4-16(15)29-10-18(23)26/h3-4,6-8H,1-2,5,9-10H2. The zero-order valence-electron chi connectivity index (χ0n) is 15.1. The van der Waals surface area contributed by atoms with Crippen molar-refractivity contribution in [1.29, 1.82) is 0 Å². The maximum absolute atomic E-state index is 14.5. The van der Waals surface area contributed by atoms with Gasteiger partial charge in [-0.05, 0) is 36.6 Å². The summed E-state index contributed by atoms with van der Waals surface area (Å²) < 4.78 is 19.8. The summed E-state index contributed by atoms with van der Waals surface area (Å²) >= 11 is 5.92. The predicted octanol–water partition coefficient (Wildman–Crippen LogP) is 3.09. The van der Waals surface area contributed by atoms with Gasteiger partial charge in [0, 0.05) is 23.7 Å². The quantitative estimate of drug-likeness (QED) is 0.563. The number of nitro benzene ring substituents is 1. The summed E-state index contributed by atoms with van der Waals surface area (Å²) in [5, 5.41) is 11.3. The van der Waals surface area contributed by atoms with E-state index in [0.29, 0.717) is 24.9 Å². The molecule has 2 aromatic carbocycles. The molecule has 0 radical (unpaired) electrons. The first-order valence-electron chi connectivity index (χ1n) is 8.85. The highest BCUT2D eigenvalue weighted by Gasteiger charge is 2.33. The van der Waals surface area contributed by atoms with Crippen LogP contribution in [0.1, 0.15) is 12.0 Å². The number of nitro groups is 1. The third-order valence-electron chi connectivity index (χ3n) is 4.90. The molecule has 2 aliphatic heterocycles. The van der Waals surface area contributed by atoms with Crippen molar-refractivity contribution in [2.24, 2.45) is 0 Å². The Morgan fingerprint density at radius 1 is 1.31 bits per heavy atom. The zero-order chi connectivity index (χ0) is 20.7. The first kappa shape index (κ1) is 19.1. The molecule has 2 heterocycles. The number of amides is 2. The van der Waals surface area contributed by atoms with Crippen molar-refractivity contribution in [2.75, 3.05) is 29.5 Å². The minimum Gasteiger partial charge on any atom is -0.482 e. The maximum atomic E-state index is 14.5. The number of halogens is 2. The third kappa shape index (κ3) is 3.49. The zero-order valence-corrected chi connectivity index (χ0v) is 15.8. The van der Waals surface area contributed by atoms with Crippen molar-refractivity contribution in [1.82, 2.24) is 0 Å². The van der Waals surface area contributed by atoms with Crippen LogP contribution in [0.2, 0.25) is 5.02 Å². The van der Waals surface area contributed by atoms with Crippen LogP contribution in [-0.2, 0) is 16.0 Å². The molecule has 2 aliphatic rings. The first-order chi connectivity index (χ1) is 13.8. The number of non-ortho nitro benzene ring substituents is 1. The lowest BCUT2D eigenvalue weighted by atomic mass is 10.0. The summed E-state index contributed by atoms with van der Waals surface area (Å²) in [5.41, 5.74) is 0.686. The molecule has 4 rings (SSSR count). The molecule has 0 atom stereocenters. The fourth-order valence-electron chi connectivity index (χ4n) is 3.60. The molecular weight excluding hydrogens is 405 g/mol. The largest absolute Gasteiger partial charge is 0.482 e. The van der Waals surface area contributed by atoms with Gasteiger partial charge >= 0.3 is 0 Å². The second kappa shape index (κ2) is 7.32. The number of fused-ring (bicyclic) bond motifs is 2. The number of ether oxygens (including phenoxy) is 1. The molecule has 10 heteroatoms. The van der Waals surface area contributed by atoms with Gasteiger partial charge in [-0.3, -0.25) is 24.6 Å². The van der Waals surface area contributed by atoms with Crippen molar-refractivity contribution >= 4 is 40.5 Å². The molecule has 0 fully saturated rings. The van der Waals surface area contributed by atoms with Gasteiger partial charge in [-0.15, -0.1) is 0 Å². The molecule has 0 unspecified atom stereocenters. The van der Waals surface area contributed by atoms with Gasteiger partial charge in [0.15, 0.2) is 6.61 Å². The van der Waals surface area contributed by atoms with Crippen LogP contribution in [0.5, 0.6) is 5.75 Å². The Bertz CT molecular complexity index is 1040. The highest BCUT2D eigenvalue weighted by molar-refractivity contribution is 6.30. The van der Waals surface area contributed by atoms with Crippen LogP contribution in [0.25, 0.3) is 0 Å². The van der Waals surface area contributed by atoms with Gasteiger partial charge in [-0.25, -0.2) is 4.39 Å². The number of aryl methyl sites for hydroxylation is 1. The van der Waals surface area contributed by atoms with Gasteiger partial charge in [-0.1, -0.05) is 11.6 Å². The summed E-state index contributed by atoms with van der Waals surface area (Å²) in [6.07, 6.45) is 1.21. The van der Waals surface area contributed by atoms with Crippen molar-refractivity contribution < 1.29 is 23.6 Å². The Kier molecular flexibility index (Phi) is 4.83. The fraction of sp³-hybridized carbons (Fsp3) is 0.263. The average Bonchev–Trinajstić information content (AvgIpc) is 2.68. The van der Waals surface area contributed by atoms with Crippen LogP contribution in [0.3, 0.4) is 0 Å². The molecule has 0 saturated heterocycles. The van der Waals surface area contributed by atoms with Crippen LogP contribution in [0, 0.1) is 15.9 Å². The van der Waals surface area contributed by atoms with E-state index in [1.54, 1.807) is 6.07 Å². The van der Waals surface area contributed by atoms with Crippen LogP contribution in [0.15, 0.2) is 30.3 Å². The molecule has 8 nitrogen and oxygen atoms in total. The Morgan fingerprint density at radius 2 is 2.10 bits per heavy atom. The van der Waals surface area contributed by atoms with Gasteiger partial charge in [0.25, 0.3) is 11.6 Å². The van der Waals surface area contributed by atoms with Crippen molar-refractivity contribution in [3.63, 3.8) is 0 Å². The lowest BCUT2D eigenvalue weighted by Crippen LogP contribution is -2.48. The van der Waals surface area contributed by atoms with Gasteiger partial charge < -0.3 is 9.64 Å². The molecule has 0 aliphatic carbocycles. The van der Waals surface area contributed by atoms with Gasteiger partial charge in [0.2, 0.25) is 5.91 Å². The molecule has 29 heavy (non-hydrogen) atoms. The van der Waals surface area contributed by atoms with Crippen LogP contribution in [-0.4, -0.2) is 36.4 Å². The second-order valence-corrected chi connectivity index (χ2v) is 7.16. The van der Waals surface area contributed by atoms with Crippen molar-refractivity contribution in [3.05, 3.63) is 56.8 Å². The molecule has 2 aromatic rings. The van der Waals surface area contributed by atoms with Gasteiger partial charge in [-0.2, -0.15) is 0 Å². The molecular formula is C19H15ClFN3O5. The highest BCUT2D eigenvalue weighted by atomic mass is 35.5. The summed E-state index contributed by atoms with van der Waals surface area (Å²) in [6.45, 7) is -0.388. The Balaban J connectivity index is 1.66. The van der Waals surface area contributed by atoms with Crippen molar-refractivity contribution in [2.45, 2.75) is 12.8 Å². The van der Waals surface area contributed by atoms with E-state index in [9.17, 15) is 24.1 Å². The SMILES string of the molecule is O=C1COc2ccc([N+](=O)[O-])cc2N1CC(=O)N1CCCc2cc(Cl)cc(F)c21. The van der Waals surface area contributed by atoms with E-state index in [4.69, 9.17) is 16.3 Å². The van der Waals surface area contributed by atoms with E-state index in [0.717, 1.165) is 11.0 Å². The smallest absolute Gasteiger partial charge is 0.271 e. The minimum absolute atomic E-state index is 0.137. The lowest BCUT2D eigenvalue weighted by molar-refractivity contribution is -0.384. The highest BCUT2D eigenvalue weighted by Crippen LogP contribution is 2.36. The normalized spacial score (nSPS) is 15.4. The van der Waals surface area contributed by atoms with Crippen LogP contribution < -0.4 is 14.5 Å². The Hall–Kier alpha value is -3.20. The maximum Gasteiger partial charge on any atom is 0.271 e. The summed E-state index contributed by atoms with van der Waals surface area (Å²) in [5.74, 6) is -1.36. The number of hydrogen-bond acceptors (Lipinski definition) is 5. The Labute approximate surface area is 169 Å². The van der Waals surface area contributed by atoms with Crippen LogP contribution in [0.4, 0.5) is 21.5 Å². The van der Waals surface area contributed by atoms with E-state index < -0.39 is 29.1 Å². The summed E-state index contributed by atoms with van der Waals surface area (Å²) in [6, 6.07) is 6.59. The fourth-order valence-corrected chi connectivity index (χ4v) is 3.83. The molecule has 2 amide bonds. The summed E-state index contributed by atoms with van der Waals surface area (Å²) in [4.78, 5) is 38.3. The molecule has 0 aromatic heterocycles.